The van der Waals surface area contributed by atoms with Crippen molar-refractivity contribution in [2.75, 3.05) is 12.9 Å². The molecule has 1 aliphatic heterocycles. The zero-order chi connectivity index (χ0) is 20.3. The number of sulfone groups is 1. The van der Waals surface area contributed by atoms with Crippen LogP contribution < -0.4 is 4.74 Å². The number of ether oxygens (including phenoxy) is 1. The smallest absolute Gasteiger partial charge is 0.240 e. The number of carbonyl (C=O) groups is 1. The lowest BCUT2D eigenvalue weighted by Gasteiger charge is -2.20. The van der Waals surface area contributed by atoms with Crippen LogP contribution in [-0.2, 0) is 14.6 Å². The predicted octanol–water partition coefficient (Wildman–Crippen LogP) is 3.58. The van der Waals surface area contributed by atoms with Gasteiger partial charge in [-0.15, -0.1) is 0 Å². The van der Waals surface area contributed by atoms with Crippen molar-refractivity contribution in [1.29, 1.82) is 0 Å². The van der Waals surface area contributed by atoms with Gasteiger partial charge < -0.3 is 4.74 Å². The Morgan fingerprint density at radius 1 is 1.14 bits per heavy atom. The molecule has 2 aromatic rings. The van der Waals surface area contributed by atoms with E-state index in [1.807, 2.05) is 31.2 Å². The first-order valence-corrected chi connectivity index (χ1v) is 10.9. The van der Waals surface area contributed by atoms with Crippen LogP contribution in [-0.4, -0.2) is 37.9 Å². The average Bonchev–Trinajstić information content (AvgIpc) is 3.14. The number of amides is 1. The van der Waals surface area contributed by atoms with Gasteiger partial charge in [-0.2, -0.15) is 5.10 Å². The first-order chi connectivity index (χ1) is 13.4. The van der Waals surface area contributed by atoms with E-state index in [-0.39, 0.29) is 17.7 Å². The van der Waals surface area contributed by atoms with Gasteiger partial charge in [-0.25, -0.2) is 13.4 Å². The number of rotatable bonds is 6. The normalized spacial score (nSPS) is 16.8. The lowest BCUT2D eigenvalue weighted by Crippen LogP contribution is -2.24. The standard InChI is InChI=1S/C21H24N2O4S/c1-4-13-28(25,26)19-11-7-16(8-12-19)20-14-21(23(22-20)15(2)24)17-5-9-18(27-3)10-6-17/h5-12,21H,4,13-14H2,1-3H3. The third kappa shape index (κ3) is 4.09. The predicted molar refractivity (Wildman–Crippen MR) is 108 cm³/mol. The Morgan fingerprint density at radius 2 is 1.79 bits per heavy atom. The molecule has 3 rings (SSSR count). The third-order valence-corrected chi connectivity index (χ3v) is 6.69. The van der Waals surface area contributed by atoms with Crippen molar-refractivity contribution in [3.63, 3.8) is 0 Å². The van der Waals surface area contributed by atoms with Crippen LogP contribution in [0.4, 0.5) is 0 Å². The molecular weight excluding hydrogens is 376 g/mol. The fraction of sp³-hybridized carbons (Fsp3) is 0.333. The molecule has 0 radical (unpaired) electrons. The van der Waals surface area contributed by atoms with Gasteiger partial charge in [0.05, 0.1) is 29.5 Å². The van der Waals surface area contributed by atoms with Crippen molar-refractivity contribution in [1.82, 2.24) is 5.01 Å². The molecule has 0 saturated heterocycles. The van der Waals surface area contributed by atoms with Gasteiger partial charge in [0.25, 0.3) is 0 Å². The molecule has 0 aromatic heterocycles. The van der Waals surface area contributed by atoms with Crippen molar-refractivity contribution < 1.29 is 17.9 Å². The molecule has 1 aliphatic rings. The van der Waals surface area contributed by atoms with E-state index >= 15 is 0 Å². The van der Waals surface area contributed by atoms with E-state index < -0.39 is 9.84 Å². The second kappa shape index (κ2) is 8.14. The zero-order valence-corrected chi connectivity index (χ0v) is 17.1. The molecule has 1 amide bonds. The Balaban J connectivity index is 1.86. The molecular formula is C21H24N2O4S. The van der Waals surface area contributed by atoms with Gasteiger partial charge in [0.15, 0.2) is 9.84 Å². The molecule has 2 aromatic carbocycles. The van der Waals surface area contributed by atoms with Gasteiger partial charge >= 0.3 is 0 Å². The molecule has 6 nitrogen and oxygen atoms in total. The van der Waals surface area contributed by atoms with Crippen LogP contribution >= 0.6 is 0 Å². The minimum Gasteiger partial charge on any atom is -0.497 e. The molecule has 148 valence electrons. The van der Waals surface area contributed by atoms with E-state index in [9.17, 15) is 13.2 Å². The molecule has 0 fully saturated rings. The monoisotopic (exact) mass is 400 g/mol. The lowest BCUT2D eigenvalue weighted by molar-refractivity contribution is -0.130. The van der Waals surface area contributed by atoms with Crippen molar-refractivity contribution in [2.45, 2.75) is 37.6 Å². The largest absolute Gasteiger partial charge is 0.497 e. The molecule has 1 heterocycles. The summed E-state index contributed by atoms with van der Waals surface area (Å²) in [6.45, 7) is 3.33. The maximum Gasteiger partial charge on any atom is 0.240 e. The van der Waals surface area contributed by atoms with Crippen molar-refractivity contribution in [2.24, 2.45) is 5.10 Å². The summed E-state index contributed by atoms with van der Waals surface area (Å²) >= 11 is 0. The summed E-state index contributed by atoms with van der Waals surface area (Å²) in [5, 5.41) is 5.99. The van der Waals surface area contributed by atoms with Crippen LogP contribution in [0.5, 0.6) is 5.75 Å². The Hall–Kier alpha value is -2.67. The molecule has 0 aliphatic carbocycles. The first-order valence-electron chi connectivity index (χ1n) is 9.20. The summed E-state index contributed by atoms with van der Waals surface area (Å²) < 4.78 is 29.6. The molecule has 0 spiro atoms. The number of carbonyl (C=O) groups excluding carboxylic acids is 1. The quantitative estimate of drug-likeness (QED) is 0.743. The van der Waals surface area contributed by atoms with Gasteiger partial charge in [0, 0.05) is 13.3 Å². The summed E-state index contributed by atoms with van der Waals surface area (Å²) in [6.07, 6.45) is 1.14. The van der Waals surface area contributed by atoms with Crippen LogP contribution in [0.3, 0.4) is 0 Å². The highest BCUT2D eigenvalue weighted by Crippen LogP contribution is 2.33. The Morgan fingerprint density at radius 3 is 2.32 bits per heavy atom. The van der Waals surface area contributed by atoms with E-state index in [1.165, 1.54) is 11.9 Å². The summed E-state index contributed by atoms with van der Waals surface area (Å²) in [4.78, 5) is 12.4. The second-order valence-corrected chi connectivity index (χ2v) is 8.86. The van der Waals surface area contributed by atoms with Gasteiger partial charge in [-0.3, -0.25) is 4.79 Å². The van der Waals surface area contributed by atoms with E-state index in [0.717, 1.165) is 22.6 Å². The highest BCUT2D eigenvalue weighted by atomic mass is 32.2. The molecule has 0 N–H and O–H groups in total. The number of hydrazone groups is 1. The highest BCUT2D eigenvalue weighted by molar-refractivity contribution is 7.91. The molecule has 0 saturated carbocycles. The second-order valence-electron chi connectivity index (χ2n) is 6.75. The van der Waals surface area contributed by atoms with E-state index in [0.29, 0.717) is 17.7 Å². The SMILES string of the molecule is CCCS(=O)(=O)c1ccc(C2=NN(C(C)=O)C(c3ccc(OC)cc3)C2)cc1. The van der Waals surface area contributed by atoms with Gasteiger partial charge in [-0.1, -0.05) is 31.2 Å². The van der Waals surface area contributed by atoms with Crippen LogP contribution in [0, 0.1) is 0 Å². The van der Waals surface area contributed by atoms with Crippen molar-refractivity contribution >= 4 is 21.5 Å². The number of methoxy groups -OCH3 is 1. The van der Waals surface area contributed by atoms with Gasteiger partial charge in [0.2, 0.25) is 5.91 Å². The summed E-state index contributed by atoms with van der Waals surface area (Å²) in [6, 6.07) is 14.1. The summed E-state index contributed by atoms with van der Waals surface area (Å²) in [5.74, 6) is 0.740. The Labute approximate surface area is 165 Å². The molecule has 1 atom stereocenters. The molecule has 0 bridgehead atoms. The van der Waals surface area contributed by atoms with E-state index in [4.69, 9.17) is 4.74 Å². The van der Waals surface area contributed by atoms with Crippen LogP contribution in [0.2, 0.25) is 0 Å². The third-order valence-electron chi connectivity index (χ3n) is 4.75. The number of hydrogen-bond acceptors (Lipinski definition) is 5. The minimum atomic E-state index is -3.25. The van der Waals surface area contributed by atoms with Gasteiger partial charge in [-0.05, 0) is 41.8 Å². The first kappa shape index (κ1) is 20.1. The fourth-order valence-corrected chi connectivity index (χ4v) is 4.63. The van der Waals surface area contributed by atoms with Crippen LogP contribution in [0.1, 0.15) is 43.9 Å². The number of benzene rings is 2. The van der Waals surface area contributed by atoms with Crippen molar-refractivity contribution in [3.05, 3.63) is 59.7 Å². The maximum atomic E-state index is 12.2. The number of nitrogens with zero attached hydrogens (tertiary/aromatic N) is 2. The summed E-state index contributed by atoms with van der Waals surface area (Å²) in [5.41, 5.74) is 2.55. The molecule has 28 heavy (non-hydrogen) atoms. The fourth-order valence-electron chi connectivity index (χ4n) is 3.30. The zero-order valence-electron chi connectivity index (χ0n) is 16.3. The van der Waals surface area contributed by atoms with E-state index in [1.54, 1.807) is 31.4 Å². The highest BCUT2D eigenvalue weighted by Gasteiger charge is 2.31. The topological polar surface area (TPSA) is 76.0 Å². The van der Waals surface area contributed by atoms with Gasteiger partial charge in [0.1, 0.15) is 5.75 Å². The molecule has 1 unspecified atom stereocenters. The Bertz CT molecular complexity index is 980. The van der Waals surface area contributed by atoms with E-state index in [2.05, 4.69) is 5.10 Å². The maximum absolute atomic E-state index is 12.2. The van der Waals surface area contributed by atoms with Crippen LogP contribution in [0.25, 0.3) is 0 Å². The van der Waals surface area contributed by atoms with Crippen LogP contribution in [0.15, 0.2) is 58.5 Å². The summed E-state index contributed by atoms with van der Waals surface area (Å²) in [7, 11) is -1.64. The minimum absolute atomic E-state index is 0.130. The van der Waals surface area contributed by atoms with Crippen molar-refractivity contribution in [3.8, 4) is 5.75 Å². The average molecular weight is 401 g/mol. The lowest BCUT2D eigenvalue weighted by atomic mass is 9.98. The number of hydrogen-bond donors (Lipinski definition) is 0. The molecule has 7 heteroatoms. The Kier molecular flexibility index (Phi) is 5.84.